The summed E-state index contributed by atoms with van der Waals surface area (Å²) in [7, 11) is 1.28. The van der Waals surface area contributed by atoms with Crippen LogP contribution in [0.1, 0.15) is 5.69 Å². The van der Waals surface area contributed by atoms with E-state index in [-0.39, 0.29) is 12.0 Å². The monoisotopic (exact) mass is 201 g/mol. The van der Waals surface area contributed by atoms with E-state index in [1.807, 2.05) is 0 Å². The Morgan fingerprint density at radius 3 is 2.85 bits per heavy atom. The van der Waals surface area contributed by atoms with Gasteiger partial charge in [-0.25, -0.2) is 0 Å². The lowest BCUT2D eigenvalue weighted by atomic mass is 10.3. The molecule has 1 rings (SSSR count). The minimum atomic E-state index is -0.419. The largest absolute Gasteiger partial charge is 0.469 e. The number of ether oxygens (including phenoxy) is 1. The molecule has 0 unspecified atom stereocenters. The van der Waals surface area contributed by atoms with Crippen molar-refractivity contribution in [1.29, 1.82) is 0 Å². The molecule has 13 heavy (non-hydrogen) atoms. The number of aromatic amines is 1. The third-order valence-electron chi connectivity index (χ3n) is 1.43. The molecule has 0 aliphatic rings. The van der Waals surface area contributed by atoms with Gasteiger partial charge in [-0.15, -0.1) is 0 Å². The van der Waals surface area contributed by atoms with Crippen LogP contribution in [0.5, 0.6) is 0 Å². The zero-order chi connectivity index (χ0) is 9.84. The van der Waals surface area contributed by atoms with E-state index in [0.717, 1.165) is 0 Å². The number of halogens is 1. The maximum Gasteiger partial charge on any atom is 0.311 e. The Kier molecular flexibility index (Phi) is 3.08. The van der Waals surface area contributed by atoms with Gasteiger partial charge >= 0.3 is 5.97 Å². The van der Waals surface area contributed by atoms with Gasteiger partial charge in [0.1, 0.15) is 0 Å². The molecule has 0 bridgehead atoms. The molecule has 1 N–H and O–H groups in total. The van der Waals surface area contributed by atoms with Crippen LogP contribution >= 0.6 is 11.6 Å². The minimum absolute atomic E-state index is 0.0201. The molecular formula is C8H8ClNO3. The minimum Gasteiger partial charge on any atom is -0.469 e. The summed E-state index contributed by atoms with van der Waals surface area (Å²) < 4.78 is 4.43. The van der Waals surface area contributed by atoms with Crippen molar-refractivity contribution in [3.05, 3.63) is 33.2 Å². The number of hydrogen-bond donors (Lipinski definition) is 1. The molecule has 0 aliphatic carbocycles. The van der Waals surface area contributed by atoms with E-state index >= 15 is 0 Å². The van der Waals surface area contributed by atoms with Gasteiger partial charge in [0.25, 0.3) is 0 Å². The third kappa shape index (κ3) is 2.91. The van der Waals surface area contributed by atoms with Gasteiger partial charge in [0, 0.05) is 16.8 Å². The second kappa shape index (κ2) is 4.09. The topological polar surface area (TPSA) is 59.2 Å². The van der Waals surface area contributed by atoms with Crippen molar-refractivity contribution in [2.24, 2.45) is 0 Å². The number of pyridine rings is 1. The Labute approximate surface area is 79.5 Å². The number of aromatic nitrogens is 1. The highest BCUT2D eigenvalue weighted by Gasteiger charge is 2.04. The number of methoxy groups -OCH3 is 1. The standard InChI is InChI=1S/C8H8ClNO3/c1-13-8(12)4-6-2-5(9)3-7(11)10-6/h2-3H,4H2,1H3,(H,10,11). The number of rotatable bonds is 2. The zero-order valence-corrected chi connectivity index (χ0v) is 7.72. The van der Waals surface area contributed by atoms with Gasteiger partial charge in [0.2, 0.25) is 5.56 Å². The Morgan fingerprint density at radius 1 is 1.62 bits per heavy atom. The summed E-state index contributed by atoms with van der Waals surface area (Å²) in [5, 5.41) is 0.308. The first-order valence-corrected chi connectivity index (χ1v) is 3.95. The van der Waals surface area contributed by atoms with E-state index in [2.05, 4.69) is 9.72 Å². The second-order valence-corrected chi connectivity index (χ2v) is 2.88. The zero-order valence-electron chi connectivity index (χ0n) is 6.96. The fourth-order valence-electron chi connectivity index (χ4n) is 0.887. The van der Waals surface area contributed by atoms with Crippen LogP contribution in [-0.4, -0.2) is 18.1 Å². The Morgan fingerprint density at radius 2 is 2.31 bits per heavy atom. The molecule has 1 aromatic rings. The van der Waals surface area contributed by atoms with Crippen molar-refractivity contribution < 1.29 is 9.53 Å². The summed E-state index contributed by atoms with van der Waals surface area (Å²) in [5.41, 5.74) is 0.121. The molecule has 0 aliphatic heterocycles. The summed E-state index contributed by atoms with van der Waals surface area (Å²) in [6.45, 7) is 0. The second-order valence-electron chi connectivity index (χ2n) is 2.44. The normalized spacial score (nSPS) is 9.69. The lowest BCUT2D eigenvalue weighted by molar-refractivity contribution is -0.139. The van der Waals surface area contributed by atoms with Crippen molar-refractivity contribution in [2.45, 2.75) is 6.42 Å². The van der Waals surface area contributed by atoms with E-state index < -0.39 is 5.97 Å². The van der Waals surface area contributed by atoms with E-state index in [9.17, 15) is 9.59 Å². The van der Waals surface area contributed by atoms with E-state index in [0.29, 0.717) is 10.7 Å². The van der Waals surface area contributed by atoms with Crippen LogP contribution in [-0.2, 0) is 16.0 Å². The average molecular weight is 202 g/mol. The van der Waals surface area contributed by atoms with Crippen molar-refractivity contribution in [2.75, 3.05) is 7.11 Å². The smallest absolute Gasteiger partial charge is 0.311 e. The number of nitrogens with one attached hydrogen (secondary N) is 1. The molecule has 0 saturated heterocycles. The molecule has 70 valence electrons. The number of esters is 1. The fourth-order valence-corrected chi connectivity index (χ4v) is 1.12. The average Bonchev–Trinajstić information content (AvgIpc) is 2.02. The summed E-state index contributed by atoms with van der Waals surface area (Å²) in [6.07, 6.45) is 0.0201. The molecule has 0 spiro atoms. The lowest BCUT2D eigenvalue weighted by Crippen LogP contribution is -2.12. The molecule has 0 aromatic carbocycles. The molecule has 1 aromatic heterocycles. The fraction of sp³-hybridized carbons (Fsp3) is 0.250. The molecule has 0 saturated carbocycles. The molecule has 0 fully saturated rings. The summed E-state index contributed by atoms with van der Waals surface area (Å²) in [4.78, 5) is 24.2. The van der Waals surface area contributed by atoms with Gasteiger partial charge in [-0.3, -0.25) is 9.59 Å². The summed E-state index contributed by atoms with van der Waals surface area (Å²) in [5.74, 6) is -0.419. The SMILES string of the molecule is COC(=O)Cc1cc(Cl)cc(=O)[nH]1. The van der Waals surface area contributed by atoms with Crippen molar-refractivity contribution in [3.8, 4) is 0 Å². The van der Waals surface area contributed by atoms with Gasteiger partial charge < -0.3 is 9.72 Å². The predicted molar refractivity (Wildman–Crippen MR) is 47.8 cm³/mol. The Balaban J connectivity index is 2.89. The van der Waals surface area contributed by atoms with Crippen molar-refractivity contribution >= 4 is 17.6 Å². The van der Waals surface area contributed by atoms with Crippen LogP contribution in [0.3, 0.4) is 0 Å². The first-order valence-electron chi connectivity index (χ1n) is 3.57. The van der Waals surface area contributed by atoms with Crippen LogP contribution in [0, 0.1) is 0 Å². The number of carbonyl (C=O) groups is 1. The van der Waals surface area contributed by atoms with Crippen LogP contribution in [0.25, 0.3) is 0 Å². The quantitative estimate of drug-likeness (QED) is 0.719. The number of H-pyrrole nitrogens is 1. The summed E-state index contributed by atoms with van der Waals surface area (Å²) in [6, 6.07) is 2.75. The Bertz CT molecular complexity index is 372. The van der Waals surface area contributed by atoms with E-state index in [1.165, 1.54) is 19.2 Å². The highest BCUT2D eigenvalue weighted by Crippen LogP contribution is 2.05. The molecule has 0 radical (unpaired) electrons. The van der Waals surface area contributed by atoms with Gasteiger partial charge in [-0.05, 0) is 6.07 Å². The first-order chi connectivity index (χ1) is 6.11. The van der Waals surface area contributed by atoms with Crippen molar-refractivity contribution in [1.82, 2.24) is 4.98 Å². The number of hydrogen-bond acceptors (Lipinski definition) is 3. The molecule has 0 amide bonds. The van der Waals surface area contributed by atoms with Crippen molar-refractivity contribution in [3.63, 3.8) is 0 Å². The number of carbonyl (C=O) groups excluding carboxylic acids is 1. The lowest BCUT2D eigenvalue weighted by Gasteiger charge is -1.99. The van der Waals surface area contributed by atoms with Gasteiger partial charge in [0.15, 0.2) is 0 Å². The summed E-state index contributed by atoms with van der Waals surface area (Å²) >= 11 is 5.60. The van der Waals surface area contributed by atoms with Gasteiger partial charge in [-0.1, -0.05) is 11.6 Å². The van der Waals surface area contributed by atoms with Crippen LogP contribution in [0.4, 0.5) is 0 Å². The molecule has 4 nitrogen and oxygen atoms in total. The molecule has 1 heterocycles. The van der Waals surface area contributed by atoms with E-state index in [1.54, 1.807) is 0 Å². The highest BCUT2D eigenvalue weighted by molar-refractivity contribution is 6.30. The highest BCUT2D eigenvalue weighted by atomic mass is 35.5. The van der Waals surface area contributed by atoms with Gasteiger partial charge in [-0.2, -0.15) is 0 Å². The third-order valence-corrected chi connectivity index (χ3v) is 1.65. The van der Waals surface area contributed by atoms with Crippen LogP contribution in [0.2, 0.25) is 5.02 Å². The maximum atomic E-state index is 10.9. The predicted octanol–water partition coefficient (Wildman–Crippen LogP) is 0.744. The Hall–Kier alpha value is -1.29. The maximum absolute atomic E-state index is 10.9. The molecule has 5 heteroatoms. The molecule has 0 atom stereocenters. The van der Waals surface area contributed by atoms with Crippen LogP contribution < -0.4 is 5.56 Å². The first kappa shape index (κ1) is 9.80. The van der Waals surface area contributed by atoms with E-state index in [4.69, 9.17) is 11.6 Å². The van der Waals surface area contributed by atoms with Gasteiger partial charge in [0.05, 0.1) is 13.5 Å². The molecular weight excluding hydrogens is 194 g/mol. The van der Waals surface area contributed by atoms with Crippen LogP contribution in [0.15, 0.2) is 16.9 Å².